The molecule has 1 aliphatic heterocycles. The maximum Gasteiger partial charge on any atom is 0.586 e. The zero-order valence-electron chi connectivity index (χ0n) is 11.1. The Balaban J connectivity index is 1.54. The van der Waals surface area contributed by atoms with Crippen LogP contribution in [0.1, 0.15) is 34.9 Å². The van der Waals surface area contributed by atoms with Crippen LogP contribution in [0.3, 0.4) is 0 Å². The molecule has 0 spiro atoms. The summed E-state index contributed by atoms with van der Waals surface area (Å²) in [6.07, 6.45) is -1.73. The van der Waals surface area contributed by atoms with E-state index in [0.717, 1.165) is 12.8 Å². The first-order chi connectivity index (χ1) is 10.5. The Kier molecular flexibility index (Phi) is 2.59. The normalized spacial score (nSPS) is 18.3. The van der Waals surface area contributed by atoms with Crippen molar-refractivity contribution >= 4 is 11.6 Å². The highest BCUT2D eigenvalue weighted by molar-refractivity contribution is 6.03. The average molecular weight is 308 g/mol. The Bertz CT molecular complexity index is 757. The molecule has 22 heavy (non-hydrogen) atoms. The standard InChI is InChI=1S/C13H10F2N4O3/c14-13(15)21-8-4-3-7(5-9(8)22-13)16-12(20)11-10(6-1-2-6)17-19-18-11/h3-6H,1-2H2,(H,16,20)(H,17,18,19). The number of anilines is 1. The van der Waals surface area contributed by atoms with Gasteiger partial charge in [-0.25, -0.2) is 0 Å². The molecule has 2 aliphatic rings. The molecular weight excluding hydrogens is 298 g/mol. The Morgan fingerprint density at radius 2 is 2.05 bits per heavy atom. The summed E-state index contributed by atoms with van der Waals surface area (Å²) in [6, 6.07) is 4.01. The molecule has 4 rings (SSSR count). The maximum absolute atomic E-state index is 12.9. The predicted molar refractivity (Wildman–Crippen MR) is 69.0 cm³/mol. The number of halogens is 2. The molecule has 1 fully saturated rings. The monoisotopic (exact) mass is 308 g/mol. The molecule has 2 heterocycles. The van der Waals surface area contributed by atoms with Gasteiger partial charge in [-0.15, -0.1) is 8.78 Å². The Labute approximate surface area is 122 Å². The summed E-state index contributed by atoms with van der Waals surface area (Å²) in [5.41, 5.74) is 1.14. The number of ether oxygens (including phenoxy) is 2. The summed E-state index contributed by atoms with van der Waals surface area (Å²) in [6.45, 7) is 0. The van der Waals surface area contributed by atoms with E-state index < -0.39 is 12.2 Å². The molecule has 1 amide bonds. The summed E-state index contributed by atoms with van der Waals surface area (Å²) in [4.78, 5) is 12.2. The van der Waals surface area contributed by atoms with E-state index in [4.69, 9.17) is 0 Å². The van der Waals surface area contributed by atoms with Gasteiger partial charge in [-0.3, -0.25) is 4.79 Å². The molecular formula is C13H10F2N4O3. The molecule has 1 aromatic heterocycles. The van der Waals surface area contributed by atoms with Crippen molar-refractivity contribution in [3.8, 4) is 11.5 Å². The van der Waals surface area contributed by atoms with E-state index in [0.29, 0.717) is 11.4 Å². The molecule has 0 radical (unpaired) electrons. The number of carbonyl (C=O) groups is 1. The van der Waals surface area contributed by atoms with Crippen molar-refractivity contribution in [2.24, 2.45) is 0 Å². The van der Waals surface area contributed by atoms with E-state index in [1.807, 2.05) is 0 Å². The van der Waals surface area contributed by atoms with Gasteiger partial charge in [0.1, 0.15) is 0 Å². The molecule has 1 aromatic carbocycles. The van der Waals surface area contributed by atoms with Crippen molar-refractivity contribution in [2.45, 2.75) is 25.1 Å². The second kappa shape index (κ2) is 4.39. The van der Waals surface area contributed by atoms with Gasteiger partial charge in [-0.05, 0) is 25.0 Å². The van der Waals surface area contributed by atoms with Crippen LogP contribution in [0.5, 0.6) is 11.5 Å². The number of aromatic nitrogens is 3. The topological polar surface area (TPSA) is 89.1 Å². The van der Waals surface area contributed by atoms with Crippen LogP contribution in [0.25, 0.3) is 0 Å². The van der Waals surface area contributed by atoms with Crippen molar-refractivity contribution in [1.82, 2.24) is 15.4 Å². The molecule has 114 valence electrons. The number of amides is 1. The molecule has 0 bridgehead atoms. The largest absolute Gasteiger partial charge is 0.586 e. The number of aromatic amines is 1. The molecule has 7 nitrogen and oxygen atoms in total. The Hall–Kier alpha value is -2.71. The van der Waals surface area contributed by atoms with Gasteiger partial charge in [-0.2, -0.15) is 15.4 Å². The lowest BCUT2D eigenvalue weighted by Gasteiger charge is -2.05. The van der Waals surface area contributed by atoms with Gasteiger partial charge in [0, 0.05) is 17.7 Å². The summed E-state index contributed by atoms with van der Waals surface area (Å²) >= 11 is 0. The minimum Gasteiger partial charge on any atom is -0.395 e. The van der Waals surface area contributed by atoms with Crippen molar-refractivity contribution in [1.29, 1.82) is 0 Å². The van der Waals surface area contributed by atoms with Crippen LogP contribution in [0.15, 0.2) is 18.2 Å². The number of carbonyl (C=O) groups excluding carboxylic acids is 1. The van der Waals surface area contributed by atoms with Crippen LogP contribution >= 0.6 is 0 Å². The quantitative estimate of drug-likeness (QED) is 0.908. The summed E-state index contributed by atoms with van der Waals surface area (Å²) in [7, 11) is 0. The molecule has 2 aromatic rings. The second-order valence-corrected chi connectivity index (χ2v) is 5.11. The van der Waals surface area contributed by atoms with Gasteiger partial charge in [-0.1, -0.05) is 0 Å². The molecule has 0 saturated heterocycles. The number of rotatable bonds is 3. The van der Waals surface area contributed by atoms with Gasteiger partial charge in [0.05, 0.1) is 5.69 Å². The lowest BCUT2D eigenvalue weighted by atomic mass is 10.2. The number of hydrogen-bond donors (Lipinski definition) is 2. The third-order valence-electron chi connectivity index (χ3n) is 3.41. The number of fused-ring (bicyclic) bond motifs is 1. The number of H-pyrrole nitrogens is 1. The van der Waals surface area contributed by atoms with E-state index in [1.54, 1.807) is 0 Å². The third kappa shape index (κ3) is 2.24. The average Bonchev–Trinajstić information content (AvgIpc) is 3.08. The number of nitrogens with one attached hydrogen (secondary N) is 2. The fraction of sp³-hybridized carbons (Fsp3) is 0.308. The number of benzene rings is 1. The van der Waals surface area contributed by atoms with Crippen LogP contribution in [-0.4, -0.2) is 27.6 Å². The number of nitrogens with zero attached hydrogens (tertiary/aromatic N) is 2. The Morgan fingerprint density at radius 1 is 1.27 bits per heavy atom. The smallest absolute Gasteiger partial charge is 0.395 e. The van der Waals surface area contributed by atoms with Crippen molar-refractivity contribution in [3.63, 3.8) is 0 Å². The van der Waals surface area contributed by atoms with Crippen LogP contribution in [0.4, 0.5) is 14.5 Å². The maximum atomic E-state index is 12.9. The summed E-state index contributed by atoms with van der Waals surface area (Å²) in [5.74, 6) is -0.412. The molecule has 1 aliphatic carbocycles. The van der Waals surface area contributed by atoms with E-state index >= 15 is 0 Å². The molecule has 0 atom stereocenters. The van der Waals surface area contributed by atoms with Crippen LogP contribution < -0.4 is 14.8 Å². The van der Waals surface area contributed by atoms with Crippen molar-refractivity contribution in [2.75, 3.05) is 5.32 Å². The molecule has 2 N–H and O–H groups in total. The Morgan fingerprint density at radius 3 is 2.82 bits per heavy atom. The minimum atomic E-state index is -3.68. The van der Waals surface area contributed by atoms with Gasteiger partial charge in [0.2, 0.25) is 0 Å². The van der Waals surface area contributed by atoms with Crippen molar-refractivity contribution in [3.05, 3.63) is 29.6 Å². The van der Waals surface area contributed by atoms with Crippen LogP contribution in [-0.2, 0) is 0 Å². The van der Waals surface area contributed by atoms with Crippen molar-refractivity contribution < 1.29 is 23.0 Å². The summed E-state index contributed by atoms with van der Waals surface area (Å²) in [5, 5.41) is 12.8. The lowest BCUT2D eigenvalue weighted by Crippen LogP contribution is -2.25. The zero-order valence-corrected chi connectivity index (χ0v) is 11.1. The highest BCUT2D eigenvalue weighted by Crippen LogP contribution is 2.42. The van der Waals surface area contributed by atoms with Gasteiger partial charge in [0.15, 0.2) is 17.2 Å². The first-order valence-electron chi connectivity index (χ1n) is 6.64. The zero-order chi connectivity index (χ0) is 15.3. The van der Waals surface area contributed by atoms with E-state index in [-0.39, 0.29) is 23.1 Å². The first kappa shape index (κ1) is 13.0. The third-order valence-corrected chi connectivity index (χ3v) is 3.41. The number of alkyl halides is 2. The lowest BCUT2D eigenvalue weighted by molar-refractivity contribution is -0.286. The molecule has 0 unspecified atom stereocenters. The van der Waals surface area contributed by atoms with Gasteiger partial charge in [0.25, 0.3) is 5.91 Å². The SMILES string of the molecule is O=C(Nc1ccc2c(c1)OC(F)(F)O2)c1n[nH]nc1C1CC1. The fourth-order valence-corrected chi connectivity index (χ4v) is 2.26. The second-order valence-electron chi connectivity index (χ2n) is 5.11. The van der Waals surface area contributed by atoms with E-state index in [9.17, 15) is 13.6 Å². The predicted octanol–water partition coefficient (Wildman–Crippen LogP) is 2.26. The molecule has 9 heteroatoms. The number of hydrogen-bond acceptors (Lipinski definition) is 5. The molecule has 1 saturated carbocycles. The summed E-state index contributed by atoms with van der Waals surface area (Å²) < 4.78 is 34.5. The van der Waals surface area contributed by atoms with E-state index in [1.165, 1.54) is 18.2 Å². The van der Waals surface area contributed by atoms with Gasteiger partial charge >= 0.3 is 6.29 Å². The van der Waals surface area contributed by atoms with Gasteiger partial charge < -0.3 is 14.8 Å². The highest BCUT2D eigenvalue weighted by atomic mass is 19.3. The highest BCUT2D eigenvalue weighted by Gasteiger charge is 2.43. The van der Waals surface area contributed by atoms with Crippen LogP contribution in [0, 0.1) is 0 Å². The first-order valence-corrected chi connectivity index (χ1v) is 6.64. The van der Waals surface area contributed by atoms with Crippen LogP contribution in [0.2, 0.25) is 0 Å². The fourth-order valence-electron chi connectivity index (χ4n) is 2.26. The van der Waals surface area contributed by atoms with E-state index in [2.05, 4.69) is 30.2 Å². The minimum absolute atomic E-state index is 0.0805.